The minimum Gasteiger partial charge on any atom is -0.382 e. The number of fused-ring (bicyclic) bond motifs is 1. The lowest BCUT2D eigenvalue weighted by atomic mass is 9.98. The summed E-state index contributed by atoms with van der Waals surface area (Å²) in [4.78, 5) is 5.44. The highest BCUT2D eigenvalue weighted by atomic mass is 32.2. The van der Waals surface area contributed by atoms with Crippen molar-refractivity contribution in [1.29, 1.82) is 0 Å². The minimum absolute atomic E-state index is 0.107. The van der Waals surface area contributed by atoms with Gasteiger partial charge >= 0.3 is 0 Å². The zero-order valence-corrected chi connectivity index (χ0v) is 16.7. The average molecular weight is 423 g/mol. The van der Waals surface area contributed by atoms with E-state index in [2.05, 4.69) is 20.3 Å². The second-order valence-corrected chi connectivity index (χ2v) is 8.33. The van der Waals surface area contributed by atoms with Gasteiger partial charge in [0.15, 0.2) is 11.0 Å². The van der Waals surface area contributed by atoms with Gasteiger partial charge in [-0.1, -0.05) is 29.5 Å². The number of amidine groups is 1. The second kappa shape index (κ2) is 8.21. The Balaban J connectivity index is 2.38. The highest BCUT2D eigenvalue weighted by molar-refractivity contribution is 7.97. The van der Waals surface area contributed by atoms with Crippen molar-refractivity contribution in [2.45, 2.75) is 9.79 Å². The van der Waals surface area contributed by atoms with Gasteiger partial charge in [0.2, 0.25) is 0 Å². The van der Waals surface area contributed by atoms with Gasteiger partial charge in [-0.2, -0.15) is 0 Å². The molecule has 0 fully saturated rings. The maximum atomic E-state index is 12.4. The van der Waals surface area contributed by atoms with E-state index in [4.69, 9.17) is 22.4 Å². The Kier molecular flexibility index (Phi) is 5.94. The van der Waals surface area contributed by atoms with E-state index in [1.807, 2.05) is 24.3 Å². The lowest BCUT2D eigenvalue weighted by molar-refractivity contribution is 0.676. The molecular weight excluding hydrogens is 404 g/mol. The van der Waals surface area contributed by atoms with Crippen LogP contribution in [0.1, 0.15) is 5.56 Å². The van der Waals surface area contributed by atoms with Crippen molar-refractivity contribution in [3.8, 4) is 11.1 Å². The first-order valence-electron chi connectivity index (χ1n) is 7.59. The number of nitrogens with two attached hydrogens (primary N) is 4. The van der Waals surface area contributed by atoms with E-state index < -0.39 is 11.0 Å². The maximum Gasteiger partial charge on any atom is 0.181 e. The maximum absolute atomic E-state index is 12.4. The van der Waals surface area contributed by atoms with Crippen LogP contribution in [0, 0.1) is 0 Å². The summed E-state index contributed by atoms with van der Waals surface area (Å²) in [7, 11) is 0.123. The number of nitrogen functional groups attached to an aromatic ring is 1. The molecule has 3 aromatic rings. The van der Waals surface area contributed by atoms with Crippen molar-refractivity contribution in [3.05, 3.63) is 35.9 Å². The predicted molar refractivity (Wildman–Crippen MR) is 113 cm³/mol. The number of benzene rings is 2. The number of hydrazone groups is 1. The van der Waals surface area contributed by atoms with E-state index in [1.165, 1.54) is 11.3 Å². The van der Waals surface area contributed by atoms with Crippen LogP contribution in [0.15, 0.2) is 45.2 Å². The lowest BCUT2D eigenvalue weighted by Crippen LogP contribution is -2.25. The normalized spacial score (nSPS) is 13.1. The Bertz CT molecular complexity index is 1050. The third-order valence-corrected chi connectivity index (χ3v) is 6.54. The van der Waals surface area contributed by atoms with Gasteiger partial charge in [0, 0.05) is 11.1 Å². The van der Waals surface area contributed by atoms with Gasteiger partial charge in [-0.15, -0.1) is 5.10 Å². The monoisotopic (exact) mass is 422 g/mol. The van der Waals surface area contributed by atoms with Gasteiger partial charge in [-0.05, 0) is 36.7 Å². The standard InChI is InChI=1S/C15H18N8OS3/c1-20-27(24)10-6-5-7(11(13(10)26-19)14(16)22-23-18)8-3-2-4-9-12(8)21-15(17)25-9/h2-6,20,23H,18-19H2,1H3,(H2,16,22)(H2,17,21). The average Bonchev–Trinajstić information content (AvgIpc) is 3.06. The Morgan fingerprint density at radius 3 is 2.74 bits per heavy atom. The SMILES string of the molecule is CNS(=O)c1ccc(-c2cccc3sc(N)nc23)c(/C(N)=N/NN)c1SN. The first-order valence-corrected chi connectivity index (χ1v) is 10.4. The highest BCUT2D eigenvalue weighted by Crippen LogP contribution is 2.38. The van der Waals surface area contributed by atoms with Gasteiger partial charge in [-0.25, -0.2) is 25.3 Å². The summed E-state index contributed by atoms with van der Waals surface area (Å²) in [5.41, 5.74) is 17.0. The summed E-state index contributed by atoms with van der Waals surface area (Å²) in [5.74, 6) is 5.42. The number of hydrazine groups is 1. The molecule has 1 atom stereocenters. The number of hydrogen-bond acceptors (Lipinski definition) is 9. The van der Waals surface area contributed by atoms with E-state index in [-0.39, 0.29) is 5.84 Å². The zero-order chi connectivity index (χ0) is 19.6. The number of thiazole rings is 1. The van der Waals surface area contributed by atoms with E-state index in [0.717, 1.165) is 33.3 Å². The van der Waals surface area contributed by atoms with Crippen LogP contribution in [0.3, 0.4) is 0 Å². The number of nitrogens with zero attached hydrogens (tertiary/aromatic N) is 2. The summed E-state index contributed by atoms with van der Waals surface area (Å²) < 4.78 is 16.0. The Morgan fingerprint density at radius 2 is 2.07 bits per heavy atom. The molecule has 0 spiro atoms. The van der Waals surface area contributed by atoms with Gasteiger partial charge in [0.25, 0.3) is 0 Å². The van der Waals surface area contributed by atoms with Crippen LogP contribution in [0.2, 0.25) is 0 Å². The zero-order valence-electron chi connectivity index (χ0n) is 14.2. The third-order valence-electron chi connectivity index (χ3n) is 3.79. The van der Waals surface area contributed by atoms with Crippen LogP contribution in [0.25, 0.3) is 21.3 Å². The fourth-order valence-electron chi connectivity index (χ4n) is 2.72. The Morgan fingerprint density at radius 1 is 1.30 bits per heavy atom. The molecule has 0 aliphatic heterocycles. The van der Waals surface area contributed by atoms with E-state index in [0.29, 0.717) is 20.5 Å². The molecule has 0 bridgehead atoms. The molecule has 1 aromatic heterocycles. The van der Waals surface area contributed by atoms with Crippen LogP contribution >= 0.6 is 23.3 Å². The molecular formula is C15H18N8OS3. The van der Waals surface area contributed by atoms with Gasteiger partial charge < -0.3 is 11.5 Å². The van der Waals surface area contributed by atoms with Crippen LogP contribution < -0.4 is 32.7 Å². The molecule has 1 unspecified atom stereocenters. The van der Waals surface area contributed by atoms with Gasteiger partial charge in [0.05, 0.1) is 20.0 Å². The molecule has 10 N–H and O–H groups in total. The summed E-state index contributed by atoms with van der Waals surface area (Å²) in [6, 6.07) is 9.29. The molecule has 0 aliphatic rings. The quantitative estimate of drug-likeness (QED) is 0.111. The molecule has 1 heterocycles. The molecule has 142 valence electrons. The number of hydrogen-bond donors (Lipinski definition) is 6. The Hall–Kier alpha value is -2.22. The predicted octanol–water partition coefficient (Wildman–Crippen LogP) is 0.837. The summed E-state index contributed by atoms with van der Waals surface area (Å²) in [5, 5.41) is 10.3. The van der Waals surface area contributed by atoms with Crippen molar-refractivity contribution in [1.82, 2.24) is 15.2 Å². The fourth-order valence-corrected chi connectivity index (χ4v) is 5.05. The largest absolute Gasteiger partial charge is 0.382 e. The van der Waals surface area contributed by atoms with E-state index >= 15 is 0 Å². The second-order valence-electron chi connectivity index (χ2n) is 5.24. The van der Waals surface area contributed by atoms with Gasteiger partial charge in [-0.3, -0.25) is 5.14 Å². The summed E-state index contributed by atoms with van der Waals surface area (Å²) >= 11 is 2.33. The Labute approximate surface area is 166 Å². The summed E-state index contributed by atoms with van der Waals surface area (Å²) in [6.45, 7) is 0. The van der Waals surface area contributed by atoms with Crippen molar-refractivity contribution >= 4 is 55.5 Å². The topological polar surface area (TPSA) is 170 Å². The minimum atomic E-state index is -1.47. The highest BCUT2D eigenvalue weighted by Gasteiger charge is 2.22. The van der Waals surface area contributed by atoms with Crippen molar-refractivity contribution in [2.75, 3.05) is 12.8 Å². The molecule has 12 heteroatoms. The number of aromatic nitrogens is 1. The smallest absolute Gasteiger partial charge is 0.181 e. The third kappa shape index (κ3) is 3.63. The van der Waals surface area contributed by atoms with Crippen LogP contribution in [0.5, 0.6) is 0 Å². The van der Waals surface area contributed by atoms with Crippen molar-refractivity contribution in [2.24, 2.45) is 21.8 Å². The van der Waals surface area contributed by atoms with E-state index in [9.17, 15) is 4.21 Å². The summed E-state index contributed by atoms with van der Waals surface area (Å²) in [6.07, 6.45) is 0. The number of para-hydroxylation sites is 1. The first-order chi connectivity index (χ1) is 13.0. The molecule has 0 radical (unpaired) electrons. The van der Waals surface area contributed by atoms with Crippen LogP contribution in [-0.2, 0) is 11.0 Å². The van der Waals surface area contributed by atoms with Crippen molar-refractivity contribution in [3.63, 3.8) is 0 Å². The molecule has 0 saturated heterocycles. The van der Waals surface area contributed by atoms with Crippen molar-refractivity contribution < 1.29 is 4.21 Å². The lowest BCUT2D eigenvalue weighted by Gasteiger charge is -2.17. The molecule has 3 rings (SSSR count). The van der Waals surface area contributed by atoms with Crippen LogP contribution in [0.4, 0.5) is 5.13 Å². The first kappa shape index (κ1) is 19.5. The number of anilines is 1. The van der Waals surface area contributed by atoms with Crippen LogP contribution in [-0.4, -0.2) is 22.1 Å². The van der Waals surface area contributed by atoms with Gasteiger partial charge in [0.1, 0.15) is 11.0 Å². The molecule has 0 aliphatic carbocycles. The molecule has 0 amide bonds. The number of nitrogens with one attached hydrogen (secondary N) is 2. The molecule has 0 saturated carbocycles. The van der Waals surface area contributed by atoms with E-state index in [1.54, 1.807) is 13.1 Å². The number of rotatable bonds is 6. The molecule has 9 nitrogen and oxygen atoms in total. The fraction of sp³-hybridized carbons (Fsp3) is 0.0667. The molecule has 27 heavy (non-hydrogen) atoms. The molecule has 2 aromatic carbocycles.